The quantitative estimate of drug-likeness (QED) is 0.657. The average molecular weight is 156 g/mol. The van der Waals surface area contributed by atoms with Gasteiger partial charge in [-0.2, -0.15) is 0 Å². The Balaban J connectivity index is 3.02. The van der Waals surface area contributed by atoms with E-state index >= 15 is 0 Å². The fourth-order valence-electron chi connectivity index (χ4n) is 0.999. The minimum Gasteiger partial charge on any atom is -0.337 e. The third-order valence-electron chi connectivity index (χ3n) is 1.71. The summed E-state index contributed by atoms with van der Waals surface area (Å²) in [6.45, 7) is 2.47. The van der Waals surface area contributed by atoms with Gasteiger partial charge in [-0.25, -0.2) is 9.53 Å². The number of hydrogen-bond donors (Lipinski definition) is 1. The van der Waals surface area contributed by atoms with E-state index in [-0.39, 0.29) is 11.5 Å². The van der Waals surface area contributed by atoms with Crippen molar-refractivity contribution in [1.29, 1.82) is 0 Å². The SMILES string of the molecule is CC(CN)c1cc(=O)on1C. The number of nitrogens with zero attached hydrogens (tertiary/aromatic N) is 1. The first kappa shape index (κ1) is 8.07. The zero-order chi connectivity index (χ0) is 8.43. The van der Waals surface area contributed by atoms with Crippen molar-refractivity contribution in [1.82, 2.24) is 4.74 Å². The molecule has 0 aromatic carbocycles. The normalized spacial score (nSPS) is 13.4. The maximum absolute atomic E-state index is 10.7. The molecule has 1 unspecified atom stereocenters. The lowest BCUT2D eigenvalue weighted by atomic mass is 10.1. The molecule has 4 heteroatoms. The number of aryl methyl sites for hydroxylation is 1. The van der Waals surface area contributed by atoms with Crippen molar-refractivity contribution in [3.63, 3.8) is 0 Å². The fraction of sp³-hybridized carbons (Fsp3) is 0.571. The summed E-state index contributed by atoms with van der Waals surface area (Å²) >= 11 is 0. The van der Waals surface area contributed by atoms with E-state index in [1.807, 2.05) is 6.92 Å². The highest BCUT2D eigenvalue weighted by Gasteiger charge is 2.09. The van der Waals surface area contributed by atoms with Gasteiger partial charge in [-0.3, -0.25) is 0 Å². The molecule has 11 heavy (non-hydrogen) atoms. The second-order valence-electron chi connectivity index (χ2n) is 2.61. The van der Waals surface area contributed by atoms with E-state index in [4.69, 9.17) is 10.3 Å². The summed E-state index contributed by atoms with van der Waals surface area (Å²) in [7, 11) is 1.70. The van der Waals surface area contributed by atoms with Gasteiger partial charge >= 0.3 is 5.63 Å². The maximum atomic E-state index is 10.7. The molecule has 0 radical (unpaired) electrons. The van der Waals surface area contributed by atoms with Crippen LogP contribution in [0.4, 0.5) is 0 Å². The molecule has 1 aromatic heterocycles. The summed E-state index contributed by atoms with van der Waals surface area (Å²) in [4.78, 5) is 10.7. The molecule has 1 aromatic rings. The van der Waals surface area contributed by atoms with Crippen molar-refractivity contribution in [3.05, 3.63) is 22.2 Å². The summed E-state index contributed by atoms with van der Waals surface area (Å²) in [5, 5.41) is 0. The Bertz CT molecular complexity index is 287. The molecule has 0 aliphatic heterocycles. The lowest BCUT2D eigenvalue weighted by Gasteiger charge is -2.05. The smallest absolute Gasteiger partial charge is 0.337 e. The molecule has 0 amide bonds. The Labute approximate surface area is 64.6 Å². The van der Waals surface area contributed by atoms with Gasteiger partial charge in [0.1, 0.15) is 0 Å². The van der Waals surface area contributed by atoms with Gasteiger partial charge in [0.2, 0.25) is 0 Å². The highest BCUT2D eigenvalue weighted by molar-refractivity contribution is 5.04. The van der Waals surface area contributed by atoms with Crippen LogP contribution in [0.3, 0.4) is 0 Å². The highest BCUT2D eigenvalue weighted by atomic mass is 16.5. The molecule has 0 aliphatic rings. The van der Waals surface area contributed by atoms with Crippen LogP contribution in [0.15, 0.2) is 15.4 Å². The number of aromatic nitrogens is 1. The Morgan fingerprint density at radius 3 is 2.82 bits per heavy atom. The Hall–Kier alpha value is -1.03. The second-order valence-corrected chi connectivity index (χ2v) is 2.61. The summed E-state index contributed by atoms with van der Waals surface area (Å²) in [6, 6.07) is 1.47. The monoisotopic (exact) mass is 156 g/mol. The van der Waals surface area contributed by atoms with Crippen LogP contribution in [0.25, 0.3) is 0 Å². The van der Waals surface area contributed by atoms with Crippen LogP contribution >= 0.6 is 0 Å². The molecule has 0 fully saturated rings. The molecule has 62 valence electrons. The van der Waals surface area contributed by atoms with Gasteiger partial charge in [-0.05, 0) is 0 Å². The van der Waals surface area contributed by atoms with E-state index in [0.717, 1.165) is 5.69 Å². The molecule has 0 saturated carbocycles. The minimum absolute atomic E-state index is 0.173. The molecule has 0 bridgehead atoms. The molecule has 1 rings (SSSR count). The molecular weight excluding hydrogens is 144 g/mol. The summed E-state index contributed by atoms with van der Waals surface area (Å²) in [6.07, 6.45) is 0. The molecule has 2 N–H and O–H groups in total. The molecule has 0 spiro atoms. The highest BCUT2D eigenvalue weighted by Crippen LogP contribution is 2.09. The molecular formula is C7H12N2O2. The third kappa shape index (κ3) is 1.51. The Morgan fingerprint density at radius 2 is 2.45 bits per heavy atom. The lowest BCUT2D eigenvalue weighted by Crippen LogP contribution is -2.11. The van der Waals surface area contributed by atoms with E-state index in [1.165, 1.54) is 10.8 Å². The van der Waals surface area contributed by atoms with Crippen molar-refractivity contribution in [2.24, 2.45) is 12.8 Å². The average Bonchev–Trinajstić information content (AvgIpc) is 2.28. The van der Waals surface area contributed by atoms with Crippen LogP contribution in [-0.2, 0) is 7.05 Å². The summed E-state index contributed by atoms with van der Waals surface area (Å²) < 4.78 is 6.20. The van der Waals surface area contributed by atoms with E-state index in [2.05, 4.69) is 0 Å². The first-order chi connectivity index (χ1) is 5.15. The van der Waals surface area contributed by atoms with Gasteiger partial charge in [-0.15, -0.1) is 0 Å². The fourth-order valence-corrected chi connectivity index (χ4v) is 0.999. The predicted octanol–water partition coefficient (Wildman–Crippen LogP) is 0.0405. The molecule has 0 aliphatic carbocycles. The van der Waals surface area contributed by atoms with Crippen LogP contribution in [0.5, 0.6) is 0 Å². The zero-order valence-corrected chi connectivity index (χ0v) is 6.70. The summed E-state index contributed by atoms with van der Waals surface area (Å²) in [5.41, 5.74) is 5.95. The maximum Gasteiger partial charge on any atom is 0.357 e. The van der Waals surface area contributed by atoms with Gasteiger partial charge in [0.05, 0.1) is 5.69 Å². The van der Waals surface area contributed by atoms with E-state index in [0.29, 0.717) is 6.54 Å². The van der Waals surface area contributed by atoms with Gasteiger partial charge in [0.15, 0.2) is 0 Å². The number of rotatable bonds is 2. The van der Waals surface area contributed by atoms with Crippen LogP contribution in [0.2, 0.25) is 0 Å². The van der Waals surface area contributed by atoms with Crippen molar-refractivity contribution in [3.8, 4) is 0 Å². The van der Waals surface area contributed by atoms with E-state index in [9.17, 15) is 4.79 Å². The predicted molar refractivity (Wildman–Crippen MR) is 41.4 cm³/mol. The topological polar surface area (TPSA) is 61.2 Å². The zero-order valence-electron chi connectivity index (χ0n) is 6.70. The first-order valence-electron chi connectivity index (χ1n) is 3.52. The second kappa shape index (κ2) is 2.92. The van der Waals surface area contributed by atoms with Crippen LogP contribution < -0.4 is 11.4 Å². The van der Waals surface area contributed by atoms with Crippen molar-refractivity contribution in [2.75, 3.05) is 6.54 Å². The van der Waals surface area contributed by atoms with E-state index < -0.39 is 0 Å². The Kier molecular flexibility index (Phi) is 2.14. The first-order valence-corrected chi connectivity index (χ1v) is 3.52. The van der Waals surface area contributed by atoms with Crippen LogP contribution in [0.1, 0.15) is 18.5 Å². The largest absolute Gasteiger partial charge is 0.357 e. The van der Waals surface area contributed by atoms with Crippen LogP contribution in [0, 0.1) is 0 Å². The van der Waals surface area contributed by atoms with Crippen molar-refractivity contribution >= 4 is 0 Å². The van der Waals surface area contributed by atoms with Gasteiger partial charge in [0, 0.05) is 25.6 Å². The number of hydrogen-bond acceptors (Lipinski definition) is 3. The lowest BCUT2D eigenvalue weighted by molar-refractivity contribution is 0.273. The van der Waals surface area contributed by atoms with Crippen LogP contribution in [-0.4, -0.2) is 11.3 Å². The van der Waals surface area contributed by atoms with E-state index in [1.54, 1.807) is 7.05 Å². The van der Waals surface area contributed by atoms with Gasteiger partial charge in [0.25, 0.3) is 0 Å². The molecule has 4 nitrogen and oxygen atoms in total. The Morgan fingerprint density at radius 1 is 1.82 bits per heavy atom. The van der Waals surface area contributed by atoms with Gasteiger partial charge < -0.3 is 10.3 Å². The number of nitrogens with two attached hydrogens (primary N) is 1. The minimum atomic E-state index is -0.317. The molecule has 1 heterocycles. The standard InChI is InChI=1S/C7H12N2O2/c1-5(4-8)6-3-7(10)11-9(6)2/h3,5H,4,8H2,1-2H3. The third-order valence-corrected chi connectivity index (χ3v) is 1.71. The van der Waals surface area contributed by atoms with Gasteiger partial charge in [-0.1, -0.05) is 6.92 Å². The van der Waals surface area contributed by atoms with Crippen molar-refractivity contribution < 1.29 is 4.52 Å². The molecule has 1 atom stereocenters. The van der Waals surface area contributed by atoms with Crippen molar-refractivity contribution in [2.45, 2.75) is 12.8 Å². The molecule has 0 saturated heterocycles. The summed E-state index contributed by atoms with van der Waals surface area (Å²) in [5.74, 6) is 0.173.